The van der Waals surface area contributed by atoms with Gasteiger partial charge in [0, 0.05) is 0 Å². The number of rotatable bonds is 0. The van der Waals surface area contributed by atoms with E-state index in [-0.39, 0.29) is 13.0 Å². The second-order valence-electron chi connectivity index (χ2n) is 2.96. The molecule has 0 radical (unpaired) electrons. The quantitative estimate of drug-likeness (QED) is 0.498. The highest BCUT2D eigenvalue weighted by Gasteiger charge is 2.39. The third-order valence-electron chi connectivity index (χ3n) is 1.97. The molecule has 0 amide bonds. The van der Waals surface area contributed by atoms with Gasteiger partial charge >= 0.3 is 6.18 Å². The van der Waals surface area contributed by atoms with Crippen LogP contribution in [0, 0.1) is 13.0 Å². The van der Waals surface area contributed by atoms with Crippen LogP contribution in [-0.4, -0.2) is 24.2 Å². The van der Waals surface area contributed by atoms with E-state index in [1.165, 1.54) is 4.90 Å². The number of alkyl halides is 3. The van der Waals surface area contributed by atoms with Crippen molar-refractivity contribution in [1.29, 1.82) is 0 Å². The minimum atomic E-state index is -4.03. The Kier molecular flexibility index (Phi) is 2.42. The van der Waals surface area contributed by atoms with Crippen LogP contribution in [0.4, 0.5) is 13.2 Å². The van der Waals surface area contributed by atoms with Crippen molar-refractivity contribution in [2.45, 2.75) is 19.0 Å². The first-order valence-electron chi connectivity index (χ1n) is 3.62. The molecule has 4 heteroatoms. The van der Waals surface area contributed by atoms with E-state index in [1.54, 1.807) is 0 Å². The van der Waals surface area contributed by atoms with Crippen LogP contribution < -0.4 is 0 Å². The van der Waals surface area contributed by atoms with Crippen molar-refractivity contribution in [3.05, 3.63) is 7.05 Å². The summed E-state index contributed by atoms with van der Waals surface area (Å²) in [4.78, 5) is 1.49. The van der Waals surface area contributed by atoms with Gasteiger partial charge in [0.15, 0.2) is 0 Å². The standard InChI is InChI=1S/C7H11F3N/c1-11-4-2-3-6(5-11)7(8,9)10/h6H,1-5H2/q-1. The third kappa shape index (κ3) is 2.36. The lowest BCUT2D eigenvalue weighted by atomic mass is 9.98. The van der Waals surface area contributed by atoms with Gasteiger partial charge in [-0.25, -0.2) is 0 Å². The highest BCUT2D eigenvalue weighted by atomic mass is 19.4. The van der Waals surface area contributed by atoms with Gasteiger partial charge in [-0.2, -0.15) is 13.2 Å². The van der Waals surface area contributed by atoms with Crippen LogP contribution in [0.5, 0.6) is 0 Å². The summed E-state index contributed by atoms with van der Waals surface area (Å²) in [5, 5.41) is 0. The number of likely N-dealkylation sites (tertiary alicyclic amines) is 1. The summed E-state index contributed by atoms with van der Waals surface area (Å²) in [6, 6.07) is 0. The molecule has 1 unspecified atom stereocenters. The van der Waals surface area contributed by atoms with Gasteiger partial charge in [0.25, 0.3) is 0 Å². The Bertz CT molecular complexity index is 132. The van der Waals surface area contributed by atoms with Gasteiger partial charge in [0.2, 0.25) is 0 Å². The molecule has 0 aromatic carbocycles. The first-order valence-corrected chi connectivity index (χ1v) is 3.62. The van der Waals surface area contributed by atoms with Gasteiger partial charge in [-0.05, 0) is 25.9 Å². The van der Waals surface area contributed by atoms with Crippen molar-refractivity contribution in [3.63, 3.8) is 0 Å². The third-order valence-corrected chi connectivity index (χ3v) is 1.97. The zero-order valence-corrected chi connectivity index (χ0v) is 6.19. The van der Waals surface area contributed by atoms with Crippen molar-refractivity contribution < 1.29 is 13.2 Å². The predicted octanol–water partition coefficient (Wildman–Crippen LogP) is 2.05. The number of hydrogen-bond acceptors (Lipinski definition) is 1. The van der Waals surface area contributed by atoms with E-state index in [4.69, 9.17) is 0 Å². The largest absolute Gasteiger partial charge is 0.459 e. The van der Waals surface area contributed by atoms with Crippen LogP contribution in [0.15, 0.2) is 0 Å². The van der Waals surface area contributed by atoms with E-state index in [1.807, 2.05) is 0 Å². The van der Waals surface area contributed by atoms with E-state index >= 15 is 0 Å². The van der Waals surface area contributed by atoms with Crippen LogP contribution in [0.2, 0.25) is 0 Å². The molecule has 0 bridgehead atoms. The van der Waals surface area contributed by atoms with Gasteiger partial charge in [0.05, 0.1) is 5.92 Å². The van der Waals surface area contributed by atoms with Gasteiger partial charge in [-0.1, -0.05) is 0 Å². The minimum absolute atomic E-state index is 0.0590. The average Bonchev–Trinajstić information content (AvgIpc) is 1.86. The summed E-state index contributed by atoms with van der Waals surface area (Å²) < 4.78 is 36.2. The summed E-state index contributed by atoms with van der Waals surface area (Å²) in [6.45, 7) is 0.746. The van der Waals surface area contributed by atoms with E-state index in [9.17, 15) is 13.2 Å². The maximum atomic E-state index is 12.1. The molecule has 0 saturated carbocycles. The van der Waals surface area contributed by atoms with Crippen molar-refractivity contribution in [1.82, 2.24) is 4.90 Å². The van der Waals surface area contributed by atoms with Crippen LogP contribution in [0.25, 0.3) is 0 Å². The fourth-order valence-electron chi connectivity index (χ4n) is 1.32. The Labute approximate surface area is 64.2 Å². The number of hydrogen-bond donors (Lipinski definition) is 0. The van der Waals surface area contributed by atoms with Crippen LogP contribution in [0.1, 0.15) is 12.8 Å². The van der Waals surface area contributed by atoms with Gasteiger partial charge < -0.3 is 4.90 Å². The Hall–Kier alpha value is -0.250. The summed E-state index contributed by atoms with van der Waals surface area (Å²) in [6.07, 6.45) is -3.17. The zero-order chi connectivity index (χ0) is 8.48. The van der Waals surface area contributed by atoms with E-state index in [0.717, 1.165) is 0 Å². The number of halogens is 3. The molecule has 66 valence electrons. The minimum Gasteiger partial charge on any atom is -0.459 e. The predicted molar refractivity (Wildman–Crippen MR) is 35.7 cm³/mol. The zero-order valence-electron chi connectivity index (χ0n) is 6.19. The highest BCUT2D eigenvalue weighted by Crippen LogP contribution is 2.32. The Balaban J connectivity index is 2.46. The first-order chi connectivity index (χ1) is 5.00. The highest BCUT2D eigenvalue weighted by molar-refractivity contribution is 4.77. The molecule has 1 aliphatic heterocycles. The Morgan fingerprint density at radius 1 is 1.36 bits per heavy atom. The van der Waals surface area contributed by atoms with E-state index in [2.05, 4.69) is 7.05 Å². The van der Waals surface area contributed by atoms with Crippen molar-refractivity contribution in [2.24, 2.45) is 5.92 Å². The number of nitrogens with zero attached hydrogens (tertiary/aromatic N) is 1. The maximum Gasteiger partial charge on any atom is 0.392 e. The molecule has 1 fully saturated rings. The lowest BCUT2D eigenvalue weighted by Gasteiger charge is -2.36. The fourth-order valence-corrected chi connectivity index (χ4v) is 1.32. The number of piperidine rings is 1. The van der Waals surface area contributed by atoms with Crippen molar-refractivity contribution in [3.8, 4) is 0 Å². The van der Waals surface area contributed by atoms with Gasteiger partial charge in [-0.15, -0.1) is 0 Å². The monoisotopic (exact) mass is 166 g/mol. The lowest BCUT2D eigenvalue weighted by molar-refractivity contribution is -0.184. The van der Waals surface area contributed by atoms with Crippen LogP contribution in [-0.2, 0) is 0 Å². The summed E-state index contributed by atoms with van der Waals surface area (Å²) in [7, 11) is 3.49. The molecule has 0 aliphatic carbocycles. The first kappa shape index (κ1) is 8.84. The van der Waals surface area contributed by atoms with Crippen LogP contribution >= 0.6 is 0 Å². The normalized spacial score (nSPS) is 28.9. The smallest absolute Gasteiger partial charge is 0.392 e. The molecule has 1 heterocycles. The second kappa shape index (κ2) is 3.01. The molecule has 0 spiro atoms. The average molecular weight is 166 g/mol. The Morgan fingerprint density at radius 3 is 2.36 bits per heavy atom. The second-order valence-corrected chi connectivity index (χ2v) is 2.96. The van der Waals surface area contributed by atoms with E-state index in [0.29, 0.717) is 13.0 Å². The summed E-state index contributed by atoms with van der Waals surface area (Å²) in [5.41, 5.74) is 0. The van der Waals surface area contributed by atoms with Crippen molar-refractivity contribution in [2.75, 3.05) is 13.1 Å². The summed E-state index contributed by atoms with van der Waals surface area (Å²) in [5.74, 6) is -1.16. The van der Waals surface area contributed by atoms with Gasteiger partial charge in [-0.3, -0.25) is 7.05 Å². The molecule has 11 heavy (non-hydrogen) atoms. The SMILES string of the molecule is [CH2-]N1CCCC(C(F)(F)F)C1. The fraction of sp³-hybridized carbons (Fsp3) is 0.857. The molecule has 1 atom stereocenters. The van der Waals surface area contributed by atoms with Crippen molar-refractivity contribution >= 4 is 0 Å². The molecule has 1 aliphatic rings. The molecule has 0 aromatic heterocycles. The molecule has 1 saturated heterocycles. The van der Waals surface area contributed by atoms with Crippen LogP contribution in [0.3, 0.4) is 0 Å². The Morgan fingerprint density at radius 2 is 2.00 bits per heavy atom. The molecule has 1 rings (SSSR count). The molecular formula is C7H11F3N-. The van der Waals surface area contributed by atoms with E-state index < -0.39 is 12.1 Å². The van der Waals surface area contributed by atoms with Gasteiger partial charge in [0.1, 0.15) is 0 Å². The molecular weight excluding hydrogens is 155 g/mol. The topological polar surface area (TPSA) is 3.24 Å². The molecule has 0 aromatic rings. The molecule has 1 nitrogen and oxygen atoms in total. The lowest BCUT2D eigenvalue weighted by Crippen LogP contribution is -2.38. The maximum absolute atomic E-state index is 12.1. The molecule has 0 N–H and O–H groups in total. The summed E-state index contributed by atoms with van der Waals surface area (Å²) >= 11 is 0.